The normalized spacial score (nSPS) is 18.6. The predicted octanol–water partition coefficient (Wildman–Crippen LogP) is 3.89. The molecule has 0 spiro atoms. The number of rotatable bonds is 7. The molecule has 2 fully saturated rings. The molecule has 10 heteroatoms. The van der Waals surface area contributed by atoms with Gasteiger partial charge in [-0.15, -0.1) is 0 Å². The van der Waals surface area contributed by atoms with E-state index in [1.165, 1.54) is 6.07 Å². The van der Waals surface area contributed by atoms with E-state index in [1.807, 2.05) is 43.2 Å². The second-order valence-electron chi connectivity index (χ2n) is 8.57. The Labute approximate surface area is 170 Å². The maximum absolute atomic E-state index is 13.3. The van der Waals surface area contributed by atoms with Crippen LogP contribution in [0.2, 0.25) is 0 Å². The Morgan fingerprint density at radius 1 is 1.21 bits per heavy atom. The molecule has 4 rings (SSSR count). The number of nitrogens with zero attached hydrogens (tertiary/aromatic N) is 5. The first kappa shape index (κ1) is 20.2. The van der Waals surface area contributed by atoms with Gasteiger partial charge in [-0.25, -0.2) is 14.3 Å². The molecule has 2 aliphatic heterocycles. The van der Waals surface area contributed by atoms with Crippen LogP contribution in [0.4, 0.5) is 5.69 Å². The Balaban J connectivity index is 1.67. The Morgan fingerprint density at radius 2 is 1.83 bits per heavy atom. The van der Waals surface area contributed by atoms with Gasteiger partial charge in [-0.2, -0.15) is 0 Å². The lowest BCUT2D eigenvalue weighted by Gasteiger charge is -2.24. The van der Waals surface area contributed by atoms with Gasteiger partial charge in [-0.3, -0.25) is 23.8 Å². The highest BCUT2D eigenvalue weighted by molar-refractivity contribution is 7.54. The van der Waals surface area contributed by atoms with Crippen LogP contribution in [-0.4, -0.2) is 50.0 Å². The van der Waals surface area contributed by atoms with E-state index < -0.39 is 18.7 Å². The minimum absolute atomic E-state index is 0.0149. The van der Waals surface area contributed by atoms with Crippen molar-refractivity contribution in [1.82, 2.24) is 18.9 Å². The second-order valence-corrected chi connectivity index (χ2v) is 10.9. The van der Waals surface area contributed by atoms with Gasteiger partial charge < -0.3 is 0 Å². The van der Waals surface area contributed by atoms with Crippen molar-refractivity contribution in [1.29, 1.82) is 0 Å². The van der Waals surface area contributed by atoms with E-state index in [4.69, 9.17) is 4.52 Å². The van der Waals surface area contributed by atoms with Gasteiger partial charge in [0.1, 0.15) is 5.69 Å². The average Bonchev–Trinajstić information content (AvgIpc) is 3.57. The van der Waals surface area contributed by atoms with Gasteiger partial charge >= 0.3 is 7.67 Å². The molecule has 1 aromatic heterocycles. The van der Waals surface area contributed by atoms with E-state index in [0.29, 0.717) is 5.69 Å². The lowest BCUT2D eigenvalue weighted by atomic mass is 9.93. The Kier molecular flexibility index (Phi) is 4.90. The number of aromatic nitrogens is 2. The molecule has 0 radical (unpaired) electrons. The molecule has 0 aliphatic carbocycles. The third-order valence-corrected chi connectivity index (χ3v) is 7.97. The summed E-state index contributed by atoms with van der Waals surface area (Å²) in [5.74, 6) is 0. The highest BCUT2D eigenvalue weighted by atomic mass is 31.2. The fourth-order valence-corrected chi connectivity index (χ4v) is 5.52. The number of nitro benzene ring substituents is 1. The van der Waals surface area contributed by atoms with E-state index >= 15 is 0 Å². The van der Waals surface area contributed by atoms with Crippen LogP contribution in [0.25, 0.3) is 5.69 Å². The van der Waals surface area contributed by atoms with Crippen molar-refractivity contribution in [2.24, 2.45) is 0 Å². The number of hydrogen-bond acceptors (Lipinski definition) is 5. The maximum Gasteiger partial charge on any atom is 0.346 e. The van der Waals surface area contributed by atoms with E-state index in [1.54, 1.807) is 23.0 Å². The summed E-state index contributed by atoms with van der Waals surface area (Å²) in [4.78, 5) is 15.6. The van der Waals surface area contributed by atoms with Gasteiger partial charge in [0, 0.05) is 43.9 Å². The molecule has 1 unspecified atom stereocenters. The van der Waals surface area contributed by atoms with Gasteiger partial charge in [0.25, 0.3) is 5.69 Å². The van der Waals surface area contributed by atoms with Crippen LogP contribution in [0.5, 0.6) is 0 Å². The van der Waals surface area contributed by atoms with Gasteiger partial charge in [-0.1, -0.05) is 20.8 Å². The zero-order valence-corrected chi connectivity index (χ0v) is 18.0. The lowest BCUT2D eigenvalue weighted by Crippen LogP contribution is -2.11. The summed E-state index contributed by atoms with van der Waals surface area (Å²) in [5.41, 5.74) is 1.81. The fourth-order valence-electron chi connectivity index (χ4n) is 3.17. The van der Waals surface area contributed by atoms with Crippen molar-refractivity contribution in [3.8, 4) is 5.69 Å². The summed E-state index contributed by atoms with van der Waals surface area (Å²) in [6.45, 7) is 11.1. The molecule has 0 amide bonds. The van der Waals surface area contributed by atoms with Crippen molar-refractivity contribution in [2.45, 2.75) is 39.2 Å². The number of nitro groups is 1. The maximum atomic E-state index is 13.3. The van der Waals surface area contributed by atoms with Crippen LogP contribution in [0.15, 0.2) is 30.7 Å². The summed E-state index contributed by atoms with van der Waals surface area (Å²) in [6, 6.07) is 4.87. The van der Waals surface area contributed by atoms with Crippen LogP contribution < -0.4 is 0 Å². The Bertz CT molecular complexity index is 975. The van der Waals surface area contributed by atoms with Gasteiger partial charge in [0.2, 0.25) is 0 Å². The van der Waals surface area contributed by atoms with Crippen LogP contribution in [0.3, 0.4) is 0 Å². The average molecular weight is 419 g/mol. The minimum Gasteiger partial charge on any atom is -0.300 e. The fraction of sp³-hybridized carbons (Fsp3) is 0.526. The SMILES string of the molecule is CC(OP(=O)(N1CC1)N1CC1)c1ccc([N+](=O)[O-])c(-n2cnc(C(C)(C)C)c2)c1. The van der Waals surface area contributed by atoms with Crippen molar-refractivity contribution in [2.75, 3.05) is 26.2 Å². The first-order valence-corrected chi connectivity index (χ1v) is 11.2. The molecule has 0 saturated carbocycles. The monoisotopic (exact) mass is 419 g/mol. The molecular weight excluding hydrogens is 393 g/mol. The van der Waals surface area contributed by atoms with Gasteiger partial charge in [0.15, 0.2) is 0 Å². The molecule has 29 heavy (non-hydrogen) atoms. The van der Waals surface area contributed by atoms with E-state index in [0.717, 1.165) is 37.4 Å². The molecule has 2 aliphatic rings. The topological polar surface area (TPSA) is 93.3 Å². The second kappa shape index (κ2) is 7.02. The predicted molar refractivity (Wildman–Crippen MR) is 109 cm³/mol. The highest BCUT2D eigenvalue weighted by Crippen LogP contribution is 2.63. The minimum atomic E-state index is -2.98. The molecule has 0 N–H and O–H groups in total. The molecule has 2 aromatic rings. The van der Waals surface area contributed by atoms with Crippen molar-refractivity contribution in [3.63, 3.8) is 0 Å². The lowest BCUT2D eigenvalue weighted by molar-refractivity contribution is -0.384. The van der Waals surface area contributed by atoms with E-state index in [-0.39, 0.29) is 11.1 Å². The van der Waals surface area contributed by atoms with E-state index in [9.17, 15) is 14.7 Å². The van der Waals surface area contributed by atoms with Crippen LogP contribution >= 0.6 is 7.67 Å². The number of benzene rings is 1. The van der Waals surface area contributed by atoms with Gasteiger partial charge in [0.05, 0.1) is 23.0 Å². The molecule has 156 valence electrons. The summed E-state index contributed by atoms with van der Waals surface area (Å²) in [7, 11) is -2.98. The summed E-state index contributed by atoms with van der Waals surface area (Å²) in [5, 5.41) is 11.6. The Morgan fingerprint density at radius 3 is 2.31 bits per heavy atom. The molecule has 1 aromatic carbocycles. The summed E-state index contributed by atoms with van der Waals surface area (Å²) < 4.78 is 24.7. The van der Waals surface area contributed by atoms with Crippen molar-refractivity contribution >= 4 is 13.4 Å². The van der Waals surface area contributed by atoms with Crippen molar-refractivity contribution in [3.05, 3.63) is 52.1 Å². The first-order valence-electron chi connectivity index (χ1n) is 9.72. The van der Waals surface area contributed by atoms with Gasteiger partial charge in [-0.05, 0) is 24.6 Å². The smallest absolute Gasteiger partial charge is 0.300 e. The standard InChI is InChI=1S/C19H26N5O4P/c1-14(28-29(27,22-7-8-22)23-9-10-23)15-5-6-16(24(25)26)17(11-15)21-12-18(20-13-21)19(2,3)4/h5-6,11-14H,7-10H2,1-4H3. The molecule has 9 nitrogen and oxygen atoms in total. The summed E-state index contributed by atoms with van der Waals surface area (Å²) >= 11 is 0. The zero-order chi connectivity index (χ0) is 21.0. The quantitative estimate of drug-likeness (QED) is 0.291. The number of hydrogen-bond donors (Lipinski definition) is 0. The Hall–Kier alpha value is -2.06. The zero-order valence-electron chi connectivity index (χ0n) is 17.1. The molecule has 2 saturated heterocycles. The molecule has 3 heterocycles. The third kappa shape index (κ3) is 4.00. The molecule has 0 bridgehead atoms. The largest absolute Gasteiger partial charge is 0.346 e. The summed E-state index contributed by atoms with van der Waals surface area (Å²) in [6.07, 6.45) is 2.94. The highest BCUT2D eigenvalue weighted by Gasteiger charge is 2.50. The van der Waals surface area contributed by atoms with Crippen molar-refractivity contribution < 1.29 is 14.0 Å². The van der Waals surface area contributed by atoms with Crippen LogP contribution in [-0.2, 0) is 14.5 Å². The molecule has 1 atom stereocenters. The third-order valence-electron chi connectivity index (χ3n) is 5.15. The first-order chi connectivity index (χ1) is 13.6. The molecular formula is C19H26N5O4P. The van der Waals surface area contributed by atoms with E-state index in [2.05, 4.69) is 4.98 Å². The number of imidazole rings is 1. The van der Waals surface area contributed by atoms with Crippen LogP contribution in [0, 0.1) is 10.1 Å². The van der Waals surface area contributed by atoms with Crippen LogP contribution in [0.1, 0.15) is 45.1 Å².